The minimum atomic E-state index is -0.287. The summed E-state index contributed by atoms with van der Waals surface area (Å²) in [5.41, 5.74) is 1.77. The van der Waals surface area contributed by atoms with Crippen molar-refractivity contribution in [3.8, 4) is 11.3 Å². The number of hydrogen-bond acceptors (Lipinski definition) is 3. The van der Waals surface area contributed by atoms with Gasteiger partial charge in [0, 0.05) is 5.56 Å². The van der Waals surface area contributed by atoms with Crippen LogP contribution < -0.4 is 0 Å². The zero-order valence-corrected chi connectivity index (χ0v) is 10.1. The maximum absolute atomic E-state index is 13.4. The summed E-state index contributed by atoms with van der Waals surface area (Å²) in [4.78, 5) is 4.73. The van der Waals surface area contributed by atoms with Gasteiger partial charge in [0.25, 0.3) is 0 Å². The van der Waals surface area contributed by atoms with Gasteiger partial charge in [-0.25, -0.2) is 9.37 Å². The van der Waals surface area contributed by atoms with Crippen LogP contribution in [0.2, 0.25) is 4.47 Å². The summed E-state index contributed by atoms with van der Waals surface area (Å²) in [6.45, 7) is 1.55. The number of rotatable bonds is 2. The second kappa shape index (κ2) is 4.49. The lowest BCUT2D eigenvalue weighted by atomic mass is 10.1. The summed E-state index contributed by atoms with van der Waals surface area (Å²) in [7, 11) is 0. The Bertz CT molecular complexity index is 527. The maximum atomic E-state index is 13.4. The molecule has 0 aliphatic rings. The number of aromatic nitrogens is 1. The van der Waals surface area contributed by atoms with E-state index in [4.69, 9.17) is 16.7 Å². The Labute approximate surface area is 101 Å². The van der Waals surface area contributed by atoms with Crippen LogP contribution in [-0.2, 0) is 6.61 Å². The van der Waals surface area contributed by atoms with Crippen LogP contribution in [0.3, 0.4) is 0 Å². The SMILES string of the molecule is Cc1ccc(-c2nc(Cl)sc2CO)cc1F. The minimum absolute atomic E-state index is 0.144. The normalized spacial score (nSPS) is 10.8. The van der Waals surface area contributed by atoms with Crippen molar-refractivity contribution in [3.63, 3.8) is 0 Å². The highest BCUT2D eigenvalue weighted by Crippen LogP contribution is 2.31. The average Bonchev–Trinajstić information content (AvgIpc) is 2.63. The molecule has 84 valence electrons. The van der Waals surface area contributed by atoms with E-state index in [9.17, 15) is 4.39 Å². The Hall–Kier alpha value is -0.970. The zero-order chi connectivity index (χ0) is 11.7. The third kappa shape index (κ3) is 2.09. The fourth-order valence-corrected chi connectivity index (χ4v) is 2.42. The van der Waals surface area contributed by atoms with Gasteiger partial charge in [-0.1, -0.05) is 23.7 Å². The summed E-state index contributed by atoms with van der Waals surface area (Å²) < 4.78 is 13.7. The van der Waals surface area contributed by atoms with Gasteiger partial charge >= 0.3 is 0 Å². The van der Waals surface area contributed by atoms with Crippen molar-refractivity contribution < 1.29 is 9.50 Å². The van der Waals surface area contributed by atoms with Crippen LogP contribution in [0.25, 0.3) is 11.3 Å². The summed E-state index contributed by atoms with van der Waals surface area (Å²) in [6.07, 6.45) is 0. The molecule has 0 saturated carbocycles. The van der Waals surface area contributed by atoms with Gasteiger partial charge in [0.15, 0.2) is 4.47 Å². The first-order valence-corrected chi connectivity index (χ1v) is 5.84. The lowest BCUT2D eigenvalue weighted by molar-refractivity contribution is 0.286. The number of hydrogen-bond donors (Lipinski definition) is 1. The first-order valence-electron chi connectivity index (χ1n) is 4.64. The minimum Gasteiger partial charge on any atom is -0.391 e. The summed E-state index contributed by atoms with van der Waals surface area (Å²) in [5.74, 6) is -0.287. The number of aryl methyl sites for hydroxylation is 1. The number of aliphatic hydroxyl groups is 1. The molecule has 16 heavy (non-hydrogen) atoms. The Morgan fingerprint density at radius 1 is 1.50 bits per heavy atom. The summed E-state index contributed by atoms with van der Waals surface area (Å²) >= 11 is 6.97. The van der Waals surface area contributed by atoms with E-state index in [1.54, 1.807) is 19.1 Å². The van der Waals surface area contributed by atoms with Gasteiger partial charge in [-0.15, -0.1) is 11.3 Å². The molecule has 0 radical (unpaired) electrons. The van der Waals surface area contributed by atoms with Crippen molar-refractivity contribution in [2.45, 2.75) is 13.5 Å². The molecule has 0 spiro atoms. The fourth-order valence-electron chi connectivity index (χ4n) is 1.40. The molecule has 2 aromatic rings. The van der Waals surface area contributed by atoms with Crippen molar-refractivity contribution in [3.05, 3.63) is 38.9 Å². The van der Waals surface area contributed by atoms with Crippen molar-refractivity contribution in [2.24, 2.45) is 0 Å². The van der Waals surface area contributed by atoms with E-state index in [0.717, 1.165) is 0 Å². The third-order valence-corrected chi connectivity index (χ3v) is 3.40. The molecule has 0 aliphatic heterocycles. The molecule has 0 amide bonds. The van der Waals surface area contributed by atoms with Crippen LogP contribution in [0.5, 0.6) is 0 Å². The van der Waals surface area contributed by atoms with Crippen molar-refractivity contribution in [1.82, 2.24) is 4.98 Å². The van der Waals surface area contributed by atoms with Gasteiger partial charge in [0.05, 0.1) is 17.2 Å². The average molecular weight is 258 g/mol. The molecule has 0 fully saturated rings. The Morgan fingerprint density at radius 3 is 2.88 bits per heavy atom. The van der Waals surface area contributed by atoms with E-state index in [0.29, 0.717) is 26.2 Å². The van der Waals surface area contributed by atoms with E-state index in [1.807, 2.05) is 0 Å². The van der Waals surface area contributed by atoms with Gasteiger partial charge in [-0.05, 0) is 18.6 Å². The number of nitrogens with zero attached hydrogens (tertiary/aromatic N) is 1. The molecule has 0 saturated heterocycles. The Morgan fingerprint density at radius 2 is 2.25 bits per heavy atom. The topological polar surface area (TPSA) is 33.1 Å². The molecule has 1 N–H and O–H groups in total. The highest BCUT2D eigenvalue weighted by Gasteiger charge is 2.12. The first-order chi connectivity index (χ1) is 7.61. The monoisotopic (exact) mass is 257 g/mol. The number of halogens is 2. The standard InChI is InChI=1S/C11H9ClFNOS/c1-6-2-3-7(4-8(6)13)10-9(5-15)16-11(12)14-10/h2-4,15H,5H2,1H3. The van der Waals surface area contributed by atoms with Crippen LogP contribution in [0.15, 0.2) is 18.2 Å². The lowest BCUT2D eigenvalue weighted by Gasteiger charge is -2.02. The first kappa shape index (κ1) is 11.5. The third-order valence-electron chi connectivity index (χ3n) is 2.26. The molecular weight excluding hydrogens is 249 g/mol. The fraction of sp³-hybridized carbons (Fsp3) is 0.182. The predicted molar refractivity (Wildman–Crippen MR) is 63.2 cm³/mol. The summed E-state index contributed by atoms with van der Waals surface area (Å²) in [6, 6.07) is 4.85. The Balaban J connectivity index is 2.53. The second-order valence-electron chi connectivity index (χ2n) is 3.36. The van der Waals surface area contributed by atoms with Crippen LogP contribution in [0.4, 0.5) is 4.39 Å². The molecule has 1 aromatic heterocycles. The van der Waals surface area contributed by atoms with E-state index in [2.05, 4.69) is 4.98 Å². The number of benzene rings is 1. The Kier molecular flexibility index (Phi) is 3.23. The van der Waals surface area contributed by atoms with Crippen molar-refractivity contribution in [2.75, 3.05) is 0 Å². The molecule has 0 bridgehead atoms. The zero-order valence-electron chi connectivity index (χ0n) is 8.50. The van der Waals surface area contributed by atoms with Gasteiger partial charge in [0.2, 0.25) is 0 Å². The highest BCUT2D eigenvalue weighted by molar-refractivity contribution is 7.16. The molecule has 0 aliphatic carbocycles. The molecule has 0 unspecified atom stereocenters. The molecule has 1 aromatic carbocycles. The van der Waals surface area contributed by atoms with Crippen molar-refractivity contribution in [1.29, 1.82) is 0 Å². The predicted octanol–water partition coefficient (Wildman–Crippen LogP) is 3.40. The van der Waals surface area contributed by atoms with Gasteiger partial charge < -0.3 is 5.11 Å². The largest absolute Gasteiger partial charge is 0.391 e. The van der Waals surface area contributed by atoms with E-state index in [1.165, 1.54) is 17.4 Å². The van der Waals surface area contributed by atoms with Crippen LogP contribution in [-0.4, -0.2) is 10.1 Å². The van der Waals surface area contributed by atoms with E-state index in [-0.39, 0.29) is 12.4 Å². The molecule has 0 atom stereocenters. The van der Waals surface area contributed by atoms with Gasteiger partial charge in [-0.3, -0.25) is 0 Å². The maximum Gasteiger partial charge on any atom is 0.184 e. The van der Waals surface area contributed by atoms with Gasteiger partial charge in [0.1, 0.15) is 5.82 Å². The summed E-state index contributed by atoms with van der Waals surface area (Å²) in [5, 5.41) is 9.13. The smallest absolute Gasteiger partial charge is 0.184 e. The number of aliphatic hydroxyl groups excluding tert-OH is 1. The molecule has 5 heteroatoms. The van der Waals surface area contributed by atoms with Crippen LogP contribution in [0, 0.1) is 12.7 Å². The van der Waals surface area contributed by atoms with Crippen LogP contribution in [0.1, 0.15) is 10.4 Å². The molecule has 2 nitrogen and oxygen atoms in total. The van der Waals surface area contributed by atoms with E-state index >= 15 is 0 Å². The number of thiazole rings is 1. The molecular formula is C11H9ClFNOS. The quantitative estimate of drug-likeness (QED) is 0.894. The van der Waals surface area contributed by atoms with E-state index < -0.39 is 0 Å². The lowest BCUT2D eigenvalue weighted by Crippen LogP contribution is -1.88. The van der Waals surface area contributed by atoms with Crippen molar-refractivity contribution >= 4 is 22.9 Å². The molecule has 2 rings (SSSR count). The molecule has 1 heterocycles. The van der Waals surface area contributed by atoms with Gasteiger partial charge in [-0.2, -0.15) is 0 Å². The highest BCUT2D eigenvalue weighted by atomic mass is 35.5. The van der Waals surface area contributed by atoms with Crippen LogP contribution >= 0.6 is 22.9 Å². The second-order valence-corrected chi connectivity index (χ2v) is 5.03.